The number of nitrogens with one attached hydrogen (secondary N) is 2. The summed E-state index contributed by atoms with van der Waals surface area (Å²) in [5.74, 6) is 0.227. The number of aryl methyl sites for hydroxylation is 1. The fraction of sp³-hybridized carbons (Fsp3) is 0.286. The van der Waals surface area contributed by atoms with Gasteiger partial charge in [0.2, 0.25) is 5.91 Å². The predicted molar refractivity (Wildman–Crippen MR) is 85.4 cm³/mol. The number of rotatable bonds is 5. The number of pyridine rings is 1. The third-order valence-corrected chi connectivity index (χ3v) is 3.87. The molecule has 0 saturated heterocycles. The Balaban J connectivity index is 1.95. The molecule has 0 aliphatic heterocycles. The van der Waals surface area contributed by atoms with E-state index in [9.17, 15) is 9.59 Å². The summed E-state index contributed by atoms with van der Waals surface area (Å²) in [5.41, 5.74) is 6.86. The predicted octanol–water partition coefficient (Wildman–Crippen LogP) is 0.853. The van der Waals surface area contributed by atoms with E-state index in [-0.39, 0.29) is 11.5 Å². The van der Waals surface area contributed by atoms with E-state index in [0.29, 0.717) is 23.2 Å². The minimum atomic E-state index is -0.400. The maximum absolute atomic E-state index is 12.1. The van der Waals surface area contributed by atoms with Crippen molar-refractivity contribution >= 4 is 23.5 Å². The second-order valence-corrected chi connectivity index (χ2v) is 6.05. The van der Waals surface area contributed by atoms with Crippen molar-refractivity contribution in [3.8, 4) is 0 Å². The van der Waals surface area contributed by atoms with Gasteiger partial charge in [0.05, 0.1) is 5.25 Å². The van der Waals surface area contributed by atoms with Gasteiger partial charge in [-0.2, -0.15) is 0 Å². The Morgan fingerprint density at radius 2 is 2.32 bits per heavy atom. The number of amides is 1. The fourth-order valence-electron chi connectivity index (χ4n) is 1.75. The summed E-state index contributed by atoms with van der Waals surface area (Å²) >= 11 is 1.19. The molecule has 0 aliphatic carbocycles. The normalized spacial score (nSPS) is 11.9. The molecule has 0 aliphatic rings. The van der Waals surface area contributed by atoms with Crippen LogP contribution in [0.15, 0.2) is 34.3 Å². The van der Waals surface area contributed by atoms with Crippen LogP contribution in [0, 0.1) is 6.92 Å². The van der Waals surface area contributed by atoms with E-state index in [4.69, 9.17) is 5.73 Å². The number of hydrogen-bond acceptors (Lipinski definition) is 6. The molecule has 4 N–H and O–H groups in total. The Bertz CT molecular complexity index is 731. The van der Waals surface area contributed by atoms with Crippen LogP contribution >= 0.6 is 11.8 Å². The molecular weight excluding hydrogens is 302 g/mol. The van der Waals surface area contributed by atoms with Crippen LogP contribution in [0.2, 0.25) is 0 Å². The first-order valence-electron chi connectivity index (χ1n) is 6.67. The summed E-state index contributed by atoms with van der Waals surface area (Å²) in [4.78, 5) is 34.2. The van der Waals surface area contributed by atoms with Crippen molar-refractivity contribution in [2.75, 3.05) is 5.73 Å². The average molecular weight is 319 g/mol. The molecule has 116 valence electrons. The van der Waals surface area contributed by atoms with Crippen LogP contribution in [0.4, 0.5) is 5.82 Å². The lowest BCUT2D eigenvalue weighted by atomic mass is 10.2. The topological polar surface area (TPSA) is 114 Å². The van der Waals surface area contributed by atoms with Gasteiger partial charge in [0.1, 0.15) is 5.82 Å². The van der Waals surface area contributed by atoms with E-state index >= 15 is 0 Å². The molecule has 0 radical (unpaired) electrons. The van der Waals surface area contributed by atoms with Crippen molar-refractivity contribution in [2.45, 2.75) is 30.8 Å². The summed E-state index contributed by atoms with van der Waals surface area (Å²) < 4.78 is 0. The highest BCUT2D eigenvalue weighted by molar-refractivity contribution is 8.00. The maximum atomic E-state index is 12.1. The third-order valence-electron chi connectivity index (χ3n) is 2.88. The summed E-state index contributed by atoms with van der Waals surface area (Å²) in [6.07, 6.45) is 1.60. The molecule has 2 rings (SSSR count). The van der Waals surface area contributed by atoms with E-state index in [1.807, 2.05) is 0 Å². The molecule has 2 aromatic rings. The molecule has 0 bridgehead atoms. The first-order valence-corrected chi connectivity index (χ1v) is 7.55. The molecule has 8 heteroatoms. The van der Waals surface area contributed by atoms with Gasteiger partial charge in [-0.3, -0.25) is 9.59 Å². The molecule has 2 heterocycles. The molecule has 1 amide bonds. The number of aromatic amines is 1. The van der Waals surface area contributed by atoms with Crippen molar-refractivity contribution in [3.63, 3.8) is 0 Å². The van der Waals surface area contributed by atoms with Gasteiger partial charge in [0, 0.05) is 30.1 Å². The zero-order valence-electron chi connectivity index (χ0n) is 12.3. The number of anilines is 1. The molecule has 7 nitrogen and oxygen atoms in total. The second-order valence-electron chi connectivity index (χ2n) is 4.72. The SMILES string of the molecule is Cc1cc(=O)[nH]c(S[C@@H](C)C(=O)NCc2cccnc2N)n1. The van der Waals surface area contributed by atoms with Crippen molar-refractivity contribution in [2.24, 2.45) is 0 Å². The zero-order valence-corrected chi connectivity index (χ0v) is 13.1. The smallest absolute Gasteiger partial charge is 0.251 e. The molecule has 22 heavy (non-hydrogen) atoms. The summed E-state index contributed by atoms with van der Waals surface area (Å²) in [5, 5.41) is 2.81. The molecule has 0 unspecified atom stereocenters. The monoisotopic (exact) mass is 319 g/mol. The first kappa shape index (κ1) is 16.0. The van der Waals surface area contributed by atoms with Gasteiger partial charge in [-0.15, -0.1) is 0 Å². The Kier molecular flexibility index (Phi) is 5.16. The van der Waals surface area contributed by atoms with Gasteiger partial charge >= 0.3 is 0 Å². The summed E-state index contributed by atoms with van der Waals surface area (Å²) in [6, 6.07) is 4.97. The number of aromatic nitrogens is 3. The first-order chi connectivity index (χ1) is 10.5. The van der Waals surface area contributed by atoms with E-state index in [1.54, 1.807) is 32.2 Å². The number of nitrogen functional groups attached to an aromatic ring is 1. The van der Waals surface area contributed by atoms with Crippen LogP contribution < -0.4 is 16.6 Å². The maximum Gasteiger partial charge on any atom is 0.251 e. The molecule has 2 aromatic heterocycles. The van der Waals surface area contributed by atoms with Gasteiger partial charge in [0.25, 0.3) is 5.56 Å². The largest absolute Gasteiger partial charge is 0.383 e. The number of nitrogens with zero attached hydrogens (tertiary/aromatic N) is 2. The van der Waals surface area contributed by atoms with Gasteiger partial charge in [-0.25, -0.2) is 9.97 Å². The minimum absolute atomic E-state index is 0.169. The third kappa shape index (κ3) is 4.32. The highest BCUT2D eigenvalue weighted by Gasteiger charge is 2.16. The van der Waals surface area contributed by atoms with Gasteiger partial charge in [-0.1, -0.05) is 17.8 Å². The number of carbonyl (C=O) groups excluding carboxylic acids is 1. The summed E-state index contributed by atoms with van der Waals surface area (Å²) in [6.45, 7) is 3.78. The Hall–Kier alpha value is -2.35. The van der Waals surface area contributed by atoms with Crippen molar-refractivity contribution < 1.29 is 4.79 Å². The van der Waals surface area contributed by atoms with Crippen LogP contribution in [0.5, 0.6) is 0 Å². The highest BCUT2D eigenvalue weighted by Crippen LogP contribution is 2.18. The molecule has 0 fully saturated rings. The van der Waals surface area contributed by atoms with Gasteiger partial charge < -0.3 is 16.0 Å². The lowest BCUT2D eigenvalue weighted by molar-refractivity contribution is -0.120. The number of thioether (sulfide) groups is 1. The minimum Gasteiger partial charge on any atom is -0.383 e. The van der Waals surface area contributed by atoms with Crippen molar-refractivity contribution in [1.82, 2.24) is 20.3 Å². The quantitative estimate of drug-likeness (QED) is 0.556. The zero-order chi connectivity index (χ0) is 16.1. The second kappa shape index (κ2) is 7.08. The van der Waals surface area contributed by atoms with Crippen molar-refractivity contribution in [1.29, 1.82) is 0 Å². The Labute approximate surface area is 131 Å². The number of hydrogen-bond donors (Lipinski definition) is 3. The van der Waals surface area contributed by atoms with E-state index in [0.717, 1.165) is 5.56 Å². The van der Waals surface area contributed by atoms with Gasteiger partial charge in [0.15, 0.2) is 5.16 Å². The molecule has 0 saturated carbocycles. The van der Waals surface area contributed by atoms with E-state index in [2.05, 4.69) is 20.3 Å². The molecule has 0 aromatic carbocycles. The molecule has 1 atom stereocenters. The van der Waals surface area contributed by atoms with Crippen LogP contribution in [-0.4, -0.2) is 26.1 Å². The fourth-order valence-corrected chi connectivity index (χ4v) is 2.64. The standard InChI is InChI=1S/C14H17N5O2S/c1-8-6-11(20)19-14(18-8)22-9(2)13(21)17-7-10-4-3-5-16-12(10)15/h3-6,9H,7H2,1-2H3,(H2,15,16)(H,17,21)(H,18,19,20)/t9-/m0/s1. The van der Waals surface area contributed by atoms with Crippen LogP contribution in [0.1, 0.15) is 18.2 Å². The van der Waals surface area contributed by atoms with Crippen LogP contribution in [0.25, 0.3) is 0 Å². The lowest BCUT2D eigenvalue weighted by Crippen LogP contribution is -2.31. The van der Waals surface area contributed by atoms with Crippen molar-refractivity contribution in [3.05, 3.63) is 46.0 Å². The molecular formula is C14H17N5O2S. The Morgan fingerprint density at radius 1 is 1.55 bits per heavy atom. The number of nitrogens with two attached hydrogens (primary N) is 1. The molecule has 0 spiro atoms. The highest BCUT2D eigenvalue weighted by atomic mass is 32.2. The van der Waals surface area contributed by atoms with E-state index < -0.39 is 5.25 Å². The lowest BCUT2D eigenvalue weighted by Gasteiger charge is -2.12. The summed E-state index contributed by atoms with van der Waals surface area (Å²) in [7, 11) is 0. The van der Waals surface area contributed by atoms with Crippen LogP contribution in [-0.2, 0) is 11.3 Å². The Morgan fingerprint density at radius 3 is 3.00 bits per heavy atom. The number of H-pyrrole nitrogens is 1. The van der Waals surface area contributed by atoms with Gasteiger partial charge in [-0.05, 0) is 19.9 Å². The van der Waals surface area contributed by atoms with E-state index in [1.165, 1.54) is 17.8 Å². The number of carbonyl (C=O) groups is 1. The van der Waals surface area contributed by atoms with Crippen LogP contribution in [0.3, 0.4) is 0 Å². The average Bonchev–Trinajstić information content (AvgIpc) is 2.45.